The van der Waals surface area contributed by atoms with Crippen LogP contribution < -0.4 is 5.73 Å². The number of amides is 1. The van der Waals surface area contributed by atoms with Crippen molar-refractivity contribution < 1.29 is 13.2 Å². The molecule has 0 bridgehead atoms. The molecule has 0 unspecified atom stereocenters. The first kappa shape index (κ1) is 15.9. The van der Waals surface area contributed by atoms with Crippen molar-refractivity contribution in [2.45, 2.75) is 11.3 Å². The van der Waals surface area contributed by atoms with Gasteiger partial charge in [-0.25, -0.2) is 8.42 Å². The molecule has 21 heavy (non-hydrogen) atoms. The van der Waals surface area contributed by atoms with Crippen LogP contribution in [0.4, 0.5) is 0 Å². The lowest BCUT2D eigenvalue weighted by molar-refractivity contribution is -0.129. The molecule has 0 atom stereocenters. The van der Waals surface area contributed by atoms with Crippen LogP contribution in [-0.4, -0.2) is 55.2 Å². The van der Waals surface area contributed by atoms with Crippen LogP contribution in [0.25, 0.3) is 0 Å². The number of hydrogen-bond acceptors (Lipinski definition) is 4. The van der Waals surface area contributed by atoms with E-state index in [0.717, 1.165) is 0 Å². The lowest BCUT2D eigenvalue weighted by Gasteiger charge is -2.19. The van der Waals surface area contributed by atoms with Gasteiger partial charge in [0.2, 0.25) is 15.9 Å². The van der Waals surface area contributed by atoms with Gasteiger partial charge in [0, 0.05) is 25.7 Å². The molecule has 1 aliphatic rings. The van der Waals surface area contributed by atoms with Gasteiger partial charge in [0.15, 0.2) is 0 Å². The third-order valence-corrected chi connectivity index (χ3v) is 5.51. The van der Waals surface area contributed by atoms with Crippen LogP contribution in [0.15, 0.2) is 29.2 Å². The number of hydrogen-bond donors (Lipinski definition) is 1. The Bertz CT molecular complexity index is 656. The fourth-order valence-corrected chi connectivity index (χ4v) is 3.67. The number of carbonyl (C=O) groups excluding carboxylic acids is 1. The van der Waals surface area contributed by atoms with Gasteiger partial charge in [-0.15, -0.1) is 0 Å². The van der Waals surface area contributed by atoms with Gasteiger partial charge in [-0.3, -0.25) is 4.79 Å². The van der Waals surface area contributed by atoms with Crippen molar-refractivity contribution in [3.8, 4) is 0 Å². The van der Waals surface area contributed by atoms with E-state index in [-0.39, 0.29) is 22.3 Å². The van der Waals surface area contributed by atoms with Gasteiger partial charge in [-0.2, -0.15) is 4.31 Å². The number of rotatable bonds is 3. The average Bonchev–Trinajstić information content (AvgIpc) is 2.61. The summed E-state index contributed by atoms with van der Waals surface area (Å²) in [5.41, 5.74) is 6.10. The largest absolute Gasteiger partial charge is 0.389 e. The third-order valence-electron chi connectivity index (χ3n) is 3.42. The minimum absolute atomic E-state index is 0.129. The maximum atomic E-state index is 12.6. The summed E-state index contributed by atoms with van der Waals surface area (Å²) in [6.07, 6.45) is 0.617. The molecule has 1 fully saturated rings. The van der Waals surface area contributed by atoms with E-state index in [1.54, 1.807) is 24.1 Å². The predicted molar refractivity (Wildman–Crippen MR) is 83.3 cm³/mol. The van der Waals surface area contributed by atoms with Gasteiger partial charge in [0.1, 0.15) is 4.99 Å². The molecule has 2 N–H and O–H groups in total. The summed E-state index contributed by atoms with van der Waals surface area (Å²) in [5, 5.41) is 0. The Morgan fingerprint density at radius 2 is 1.86 bits per heavy atom. The first-order valence-electron chi connectivity index (χ1n) is 6.46. The molecular weight excluding hydrogens is 310 g/mol. The van der Waals surface area contributed by atoms with E-state index < -0.39 is 10.0 Å². The van der Waals surface area contributed by atoms with E-state index in [1.165, 1.54) is 16.4 Å². The summed E-state index contributed by atoms with van der Waals surface area (Å²) in [5.74, 6) is -0.198. The summed E-state index contributed by atoms with van der Waals surface area (Å²) in [6.45, 7) is 0.761. The Balaban J connectivity index is 2.28. The Morgan fingerprint density at radius 3 is 2.43 bits per heavy atom. The molecule has 1 aliphatic heterocycles. The molecule has 1 heterocycles. The molecule has 2 rings (SSSR count). The number of sulfonamides is 1. The zero-order valence-electron chi connectivity index (χ0n) is 11.7. The highest BCUT2D eigenvalue weighted by atomic mass is 32.2. The van der Waals surface area contributed by atoms with E-state index in [0.29, 0.717) is 25.1 Å². The maximum Gasteiger partial charge on any atom is 0.243 e. The molecule has 0 spiro atoms. The van der Waals surface area contributed by atoms with Crippen molar-refractivity contribution in [3.63, 3.8) is 0 Å². The zero-order chi connectivity index (χ0) is 15.6. The minimum Gasteiger partial charge on any atom is -0.389 e. The molecule has 0 aromatic heterocycles. The maximum absolute atomic E-state index is 12.6. The van der Waals surface area contributed by atoms with Crippen LogP contribution in [0.3, 0.4) is 0 Å². The van der Waals surface area contributed by atoms with Crippen molar-refractivity contribution in [2.24, 2.45) is 5.73 Å². The molecular formula is C13H17N3O3S2. The van der Waals surface area contributed by atoms with E-state index in [2.05, 4.69) is 0 Å². The van der Waals surface area contributed by atoms with Gasteiger partial charge in [0.05, 0.1) is 11.4 Å². The second kappa shape index (κ2) is 6.08. The Hall–Kier alpha value is -1.51. The fourth-order valence-electron chi connectivity index (χ4n) is 2.10. The van der Waals surface area contributed by atoms with Gasteiger partial charge >= 0.3 is 0 Å². The van der Waals surface area contributed by atoms with Crippen LogP contribution in [0.2, 0.25) is 0 Å². The predicted octanol–water partition coefficient (Wildman–Crippen LogP) is 0.174. The Morgan fingerprint density at radius 1 is 1.24 bits per heavy atom. The summed E-state index contributed by atoms with van der Waals surface area (Å²) in [4.78, 5) is 13.7. The van der Waals surface area contributed by atoms with Gasteiger partial charge in [-0.1, -0.05) is 24.4 Å². The molecule has 6 nitrogen and oxygen atoms in total. The van der Waals surface area contributed by atoms with Crippen LogP contribution >= 0.6 is 12.2 Å². The molecule has 1 amide bonds. The van der Waals surface area contributed by atoms with Crippen molar-refractivity contribution >= 4 is 33.1 Å². The average molecular weight is 327 g/mol. The highest BCUT2D eigenvalue weighted by molar-refractivity contribution is 7.89. The molecule has 8 heteroatoms. The van der Waals surface area contributed by atoms with Crippen molar-refractivity contribution in [1.29, 1.82) is 0 Å². The van der Waals surface area contributed by atoms with E-state index in [1.807, 2.05) is 0 Å². The first-order chi connectivity index (χ1) is 9.82. The van der Waals surface area contributed by atoms with Crippen LogP contribution in [0.5, 0.6) is 0 Å². The van der Waals surface area contributed by atoms with E-state index in [4.69, 9.17) is 18.0 Å². The van der Waals surface area contributed by atoms with E-state index in [9.17, 15) is 13.2 Å². The summed E-state index contributed by atoms with van der Waals surface area (Å²) in [6, 6.07) is 6.06. The number of likely N-dealkylation sites (N-methyl/N-ethyl adjacent to an activating group) is 1. The fraction of sp³-hybridized carbons (Fsp3) is 0.385. The number of carbonyl (C=O) groups is 1. The zero-order valence-corrected chi connectivity index (χ0v) is 13.3. The number of nitrogens with zero attached hydrogens (tertiary/aromatic N) is 2. The monoisotopic (exact) mass is 327 g/mol. The van der Waals surface area contributed by atoms with Gasteiger partial charge in [0.25, 0.3) is 0 Å². The lowest BCUT2D eigenvalue weighted by atomic mass is 10.2. The highest BCUT2D eigenvalue weighted by Gasteiger charge is 2.29. The summed E-state index contributed by atoms with van der Waals surface area (Å²) in [7, 11) is -2.01. The molecule has 114 valence electrons. The second-order valence-electron chi connectivity index (χ2n) is 4.90. The van der Waals surface area contributed by atoms with E-state index >= 15 is 0 Å². The Labute approximate surface area is 129 Å². The smallest absolute Gasteiger partial charge is 0.243 e. The number of nitrogens with two attached hydrogens (primary N) is 1. The second-order valence-corrected chi connectivity index (χ2v) is 7.27. The topological polar surface area (TPSA) is 83.7 Å². The Kier molecular flexibility index (Phi) is 4.60. The summed E-state index contributed by atoms with van der Waals surface area (Å²) < 4.78 is 26.3. The quantitative estimate of drug-likeness (QED) is 0.800. The third kappa shape index (κ3) is 3.39. The standard InChI is InChI=1S/C13H17N3O3S2/c1-15-7-2-8-16(9-12(15)17)21(18,19)11-5-3-10(4-6-11)13(14)20/h3-6H,2,7-9H2,1H3,(H2,14,20). The van der Waals surface area contributed by atoms with Crippen LogP contribution in [0.1, 0.15) is 12.0 Å². The number of thiocarbonyl (C=S) groups is 1. The first-order valence-corrected chi connectivity index (χ1v) is 8.31. The van der Waals surface area contributed by atoms with Crippen molar-refractivity contribution in [2.75, 3.05) is 26.7 Å². The van der Waals surface area contributed by atoms with Gasteiger partial charge in [-0.05, 0) is 18.6 Å². The molecule has 1 aromatic carbocycles. The minimum atomic E-state index is -3.68. The lowest BCUT2D eigenvalue weighted by Crippen LogP contribution is -2.38. The van der Waals surface area contributed by atoms with Crippen molar-refractivity contribution in [3.05, 3.63) is 29.8 Å². The summed E-state index contributed by atoms with van der Waals surface area (Å²) >= 11 is 4.84. The molecule has 0 aliphatic carbocycles. The molecule has 1 saturated heterocycles. The highest BCUT2D eigenvalue weighted by Crippen LogP contribution is 2.18. The van der Waals surface area contributed by atoms with Crippen LogP contribution in [-0.2, 0) is 14.8 Å². The van der Waals surface area contributed by atoms with Gasteiger partial charge < -0.3 is 10.6 Å². The normalized spacial score (nSPS) is 17.6. The molecule has 0 saturated carbocycles. The molecule has 1 aromatic rings. The number of benzene rings is 1. The SMILES string of the molecule is CN1CCCN(S(=O)(=O)c2ccc(C(N)=S)cc2)CC1=O. The van der Waals surface area contributed by atoms with Crippen molar-refractivity contribution in [1.82, 2.24) is 9.21 Å². The van der Waals surface area contributed by atoms with Crippen LogP contribution in [0, 0.1) is 0 Å². The molecule has 0 radical (unpaired) electrons.